The van der Waals surface area contributed by atoms with Gasteiger partial charge in [0.1, 0.15) is 0 Å². The Kier molecular flexibility index (Phi) is 5.37. The number of halogens is 2. The van der Waals surface area contributed by atoms with Crippen LogP contribution in [0.4, 0.5) is 11.4 Å². The van der Waals surface area contributed by atoms with E-state index >= 15 is 0 Å². The second-order valence-corrected chi connectivity index (χ2v) is 5.10. The lowest BCUT2D eigenvalue weighted by atomic mass is 10.3. The first-order valence-corrected chi connectivity index (χ1v) is 6.98. The zero-order valence-electron chi connectivity index (χ0n) is 10.5. The van der Waals surface area contributed by atoms with Crippen LogP contribution in [0.3, 0.4) is 0 Å². The Labute approximate surface area is 123 Å². The van der Waals surface area contributed by atoms with Crippen LogP contribution in [0.15, 0.2) is 48.5 Å². The highest BCUT2D eigenvalue weighted by Gasteiger charge is 1.97. The summed E-state index contributed by atoms with van der Waals surface area (Å²) in [5, 5.41) is 7.97. The van der Waals surface area contributed by atoms with Crippen molar-refractivity contribution in [3.05, 3.63) is 58.6 Å². The minimum Gasteiger partial charge on any atom is -0.385 e. The van der Waals surface area contributed by atoms with Gasteiger partial charge >= 0.3 is 0 Å². The van der Waals surface area contributed by atoms with E-state index in [0.29, 0.717) is 10.0 Å². The minimum atomic E-state index is 0.650. The van der Waals surface area contributed by atoms with Crippen molar-refractivity contribution in [3.63, 3.8) is 0 Å². The number of rotatable bonds is 6. The van der Waals surface area contributed by atoms with E-state index in [0.717, 1.165) is 30.9 Å². The van der Waals surface area contributed by atoms with Crippen LogP contribution < -0.4 is 10.6 Å². The Bertz CT molecular complexity index is 495. The normalized spacial score (nSPS) is 10.2. The second-order valence-electron chi connectivity index (χ2n) is 4.23. The summed E-state index contributed by atoms with van der Waals surface area (Å²) in [6.07, 6.45) is 1.01. The molecule has 2 aromatic carbocycles. The number of hydrogen-bond acceptors (Lipinski definition) is 2. The molecule has 2 N–H and O–H groups in total. The van der Waals surface area contributed by atoms with Gasteiger partial charge < -0.3 is 10.6 Å². The van der Waals surface area contributed by atoms with Gasteiger partial charge in [0.05, 0.1) is 0 Å². The highest BCUT2D eigenvalue weighted by atomic mass is 35.5. The first-order chi connectivity index (χ1) is 9.24. The molecule has 0 aromatic heterocycles. The second kappa shape index (κ2) is 7.27. The molecule has 0 bridgehead atoms. The Morgan fingerprint density at radius 1 is 0.737 bits per heavy atom. The van der Waals surface area contributed by atoms with E-state index in [1.165, 1.54) is 0 Å². The van der Waals surface area contributed by atoms with Crippen molar-refractivity contribution < 1.29 is 0 Å². The van der Waals surface area contributed by atoms with E-state index < -0.39 is 0 Å². The van der Waals surface area contributed by atoms with Crippen molar-refractivity contribution in [1.82, 2.24) is 0 Å². The zero-order chi connectivity index (χ0) is 13.5. The number of para-hydroxylation sites is 1. The fourth-order valence-corrected chi connectivity index (χ4v) is 2.29. The quantitative estimate of drug-likeness (QED) is 0.740. The molecule has 0 amide bonds. The predicted molar refractivity (Wildman–Crippen MR) is 84.5 cm³/mol. The molecule has 4 heteroatoms. The SMILES string of the molecule is Clc1cc(Cl)cc(NCCCNc2ccccc2)c1. The van der Waals surface area contributed by atoms with E-state index in [9.17, 15) is 0 Å². The van der Waals surface area contributed by atoms with Gasteiger partial charge in [-0.2, -0.15) is 0 Å². The van der Waals surface area contributed by atoms with Gasteiger partial charge in [-0.15, -0.1) is 0 Å². The molecule has 0 fully saturated rings. The highest BCUT2D eigenvalue weighted by Crippen LogP contribution is 2.22. The van der Waals surface area contributed by atoms with Gasteiger partial charge in [-0.05, 0) is 36.8 Å². The van der Waals surface area contributed by atoms with Gasteiger partial charge in [-0.25, -0.2) is 0 Å². The van der Waals surface area contributed by atoms with E-state index in [1.807, 2.05) is 30.3 Å². The maximum absolute atomic E-state index is 5.93. The van der Waals surface area contributed by atoms with Crippen LogP contribution in [-0.2, 0) is 0 Å². The molecule has 0 aliphatic rings. The van der Waals surface area contributed by atoms with Crippen LogP contribution >= 0.6 is 23.2 Å². The molecule has 0 radical (unpaired) electrons. The molecular weight excluding hydrogens is 279 g/mol. The number of nitrogens with one attached hydrogen (secondary N) is 2. The summed E-state index contributed by atoms with van der Waals surface area (Å²) in [5.41, 5.74) is 2.10. The maximum Gasteiger partial charge on any atom is 0.0441 e. The number of hydrogen-bond donors (Lipinski definition) is 2. The molecule has 0 aliphatic carbocycles. The smallest absolute Gasteiger partial charge is 0.0441 e. The largest absolute Gasteiger partial charge is 0.385 e. The lowest BCUT2D eigenvalue weighted by Gasteiger charge is -2.09. The third-order valence-corrected chi connectivity index (χ3v) is 3.08. The average Bonchev–Trinajstić information content (AvgIpc) is 2.38. The molecule has 0 spiro atoms. The van der Waals surface area contributed by atoms with Crippen molar-refractivity contribution in [2.24, 2.45) is 0 Å². The Balaban J connectivity index is 1.69. The average molecular weight is 295 g/mol. The molecule has 0 unspecified atom stereocenters. The van der Waals surface area contributed by atoms with Crippen LogP contribution in [-0.4, -0.2) is 13.1 Å². The van der Waals surface area contributed by atoms with E-state index in [2.05, 4.69) is 22.8 Å². The third kappa shape index (κ3) is 5.01. The molecule has 0 saturated carbocycles. The van der Waals surface area contributed by atoms with Gasteiger partial charge in [0.2, 0.25) is 0 Å². The summed E-state index contributed by atoms with van der Waals surface area (Å²) in [7, 11) is 0. The molecule has 19 heavy (non-hydrogen) atoms. The molecule has 0 aliphatic heterocycles. The molecule has 2 aromatic rings. The van der Waals surface area contributed by atoms with Crippen LogP contribution in [0.1, 0.15) is 6.42 Å². The summed E-state index contributed by atoms with van der Waals surface area (Å²) in [5.74, 6) is 0. The standard InChI is InChI=1S/C15H16Cl2N2/c16-12-9-13(17)11-15(10-12)19-8-4-7-18-14-5-2-1-3-6-14/h1-3,5-6,9-11,18-19H,4,7-8H2. The highest BCUT2D eigenvalue weighted by molar-refractivity contribution is 6.35. The molecular formula is C15H16Cl2N2. The molecule has 100 valence electrons. The molecule has 0 heterocycles. The monoisotopic (exact) mass is 294 g/mol. The van der Waals surface area contributed by atoms with E-state index in [1.54, 1.807) is 6.07 Å². The van der Waals surface area contributed by atoms with E-state index in [-0.39, 0.29) is 0 Å². The summed E-state index contributed by atoms with van der Waals surface area (Å²) < 4.78 is 0. The van der Waals surface area contributed by atoms with Gasteiger partial charge in [-0.1, -0.05) is 41.4 Å². The van der Waals surface area contributed by atoms with Crippen LogP contribution in [0.5, 0.6) is 0 Å². The summed E-state index contributed by atoms with van der Waals surface area (Å²) >= 11 is 11.9. The summed E-state index contributed by atoms with van der Waals surface area (Å²) in [4.78, 5) is 0. The van der Waals surface area contributed by atoms with Gasteiger partial charge in [0.15, 0.2) is 0 Å². The van der Waals surface area contributed by atoms with Crippen molar-refractivity contribution in [2.75, 3.05) is 23.7 Å². The van der Waals surface area contributed by atoms with Crippen LogP contribution in [0, 0.1) is 0 Å². The third-order valence-electron chi connectivity index (χ3n) is 2.65. The topological polar surface area (TPSA) is 24.1 Å². The van der Waals surface area contributed by atoms with Crippen molar-refractivity contribution in [1.29, 1.82) is 0 Å². The number of anilines is 2. The minimum absolute atomic E-state index is 0.650. The van der Waals surface area contributed by atoms with Gasteiger partial charge in [0.25, 0.3) is 0 Å². The van der Waals surface area contributed by atoms with Gasteiger partial charge in [-0.3, -0.25) is 0 Å². The lowest BCUT2D eigenvalue weighted by molar-refractivity contribution is 0.909. The predicted octanol–water partition coefficient (Wildman–Crippen LogP) is 4.91. The van der Waals surface area contributed by atoms with Gasteiger partial charge in [0, 0.05) is 34.5 Å². The maximum atomic E-state index is 5.93. The Hall–Kier alpha value is -1.38. The van der Waals surface area contributed by atoms with Crippen molar-refractivity contribution >= 4 is 34.6 Å². The summed E-state index contributed by atoms with van der Waals surface area (Å²) in [6.45, 7) is 1.79. The molecule has 0 atom stereocenters. The van der Waals surface area contributed by atoms with Crippen molar-refractivity contribution in [3.8, 4) is 0 Å². The van der Waals surface area contributed by atoms with Crippen LogP contribution in [0.25, 0.3) is 0 Å². The molecule has 0 saturated heterocycles. The lowest BCUT2D eigenvalue weighted by Crippen LogP contribution is -2.09. The first kappa shape index (κ1) is 14.0. The number of benzene rings is 2. The summed E-state index contributed by atoms with van der Waals surface area (Å²) in [6, 6.07) is 15.6. The van der Waals surface area contributed by atoms with E-state index in [4.69, 9.17) is 23.2 Å². The molecule has 2 rings (SSSR count). The zero-order valence-corrected chi connectivity index (χ0v) is 12.0. The van der Waals surface area contributed by atoms with Crippen LogP contribution in [0.2, 0.25) is 10.0 Å². The fourth-order valence-electron chi connectivity index (χ4n) is 1.77. The van der Waals surface area contributed by atoms with Crippen molar-refractivity contribution in [2.45, 2.75) is 6.42 Å². The Morgan fingerprint density at radius 3 is 1.95 bits per heavy atom. The Morgan fingerprint density at radius 2 is 1.32 bits per heavy atom. The fraction of sp³-hybridized carbons (Fsp3) is 0.200. The first-order valence-electron chi connectivity index (χ1n) is 6.23. The molecule has 2 nitrogen and oxygen atoms in total.